The van der Waals surface area contributed by atoms with E-state index >= 15 is 0 Å². The Morgan fingerprint density at radius 1 is 0.576 bits per heavy atom. The Morgan fingerprint density at radius 3 is 1.18 bits per heavy atom. The van der Waals surface area contributed by atoms with Gasteiger partial charge in [-0.1, -0.05) is 53.4 Å². The first-order valence-electron chi connectivity index (χ1n) is 12.2. The van der Waals surface area contributed by atoms with E-state index in [1.54, 1.807) is 0 Å². The Labute approximate surface area is 200 Å². The second-order valence-corrected chi connectivity index (χ2v) is 10.8. The summed E-state index contributed by atoms with van der Waals surface area (Å²) in [5.74, 6) is 0. The lowest BCUT2D eigenvalue weighted by molar-refractivity contribution is -0.0373. The van der Waals surface area contributed by atoms with Gasteiger partial charge in [-0.2, -0.15) is 0 Å². The lowest BCUT2D eigenvalue weighted by Crippen LogP contribution is -2.27. The van der Waals surface area contributed by atoms with E-state index in [4.69, 9.17) is 37.0 Å². The molecule has 10 nitrogen and oxygen atoms in total. The zero-order chi connectivity index (χ0) is 24.8. The number of rotatable bonds is 25. The topological polar surface area (TPSA) is 119 Å². The Kier molecular flexibility index (Phi) is 21.5. The standard InChI is InChI=1S/C21H46O10P2/c1-5-9-14-26-32(23,27-15-10-6-2)30-19-21(25-18-13-22)20-31-33(24,28-16-11-7-3)29-17-12-8-4/h21-22H,5-20H2,1-4H3. The average molecular weight is 521 g/mol. The first-order valence-corrected chi connectivity index (χ1v) is 15.1. The SMILES string of the molecule is CCCCOP(=O)(OCCCC)OCC(COP(=O)(OCCCC)OCCCC)OCCO. The van der Waals surface area contributed by atoms with Crippen LogP contribution in [0.4, 0.5) is 0 Å². The molecule has 0 atom stereocenters. The van der Waals surface area contributed by atoms with Crippen molar-refractivity contribution in [2.75, 3.05) is 52.9 Å². The highest BCUT2D eigenvalue weighted by molar-refractivity contribution is 7.48. The molecule has 0 aromatic rings. The van der Waals surface area contributed by atoms with Crippen LogP contribution in [0.5, 0.6) is 0 Å². The van der Waals surface area contributed by atoms with E-state index in [1.807, 2.05) is 27.7 Å². The van der Waals surface area contributed by atoms with Gasteiger partial charge in [-0.3, -0.25) is 27.1 Å². The minimum atomic E-state index is -3.80. The van der Waals surface area contributed by atoms with Crippen molar-refractivity contribution in [3.63, 3.8) is 0 Å². The Bertz CT molecular complexity index is 465. The third kappa shape index (κ3) is 18.1. The summed E-state index contributed by atoms with van der Waals surface area (Å²) in [6.45, 7) is 8.28. The van der Waals surface area contributed by atoms with Crippen LogP contribution in [-0.2, 0) is 41.0 Å². The van der Waals surface area contributed by atoms with E-state index in [9.17, 15) is 9.13 Å². The van der Waals surface area contributed by atoms with Crippen LogP contribution in [0.25, 0.3) is 0 Å². The van der Waals surface area contributed by atoms with E-state index in [0.717, 1.165) is 25.7 Å². The van der Waals surface area contributed by atoms with Crippen molar-refractivity contribution >= 4 is 15.6 Å². The van der Waals surface area contributed by atoms with Gasteiger partial charge in [0.1, 0.15) is 6.10 Å². The van der Waals surface area contributed by atoms with Gasteiger partial charge in [0.15, 0.2) is 0 Å². The van der Waals surface area contributed by atoms with Crippen LogP contribution in [0.3, 0.4) is 0 Å². The van der Waals surface area contributed by atoms with Crippen LogP contribution < -0.4 is 0 Å². The van der Waals surface area contributed by atoms with E-state index in [2.05, 4.69) is 0 Å². The number of phosphoric ester groups is 2. The van der Waals surface area contributed by atoms with E-state index in [-0.39, 0.29) is 52.9 Å². The van der Waals surface area contributed by atoms with Gasteiger partial charge in [0.05, 0.1) is 52.9 Å². The number of aliphatic hydroxyl groups is 1. The van der Waals surface area contributed by atoms with Crippen LogP contribution in [0, 0.1) is 0 Å². The Balaban J connectivity index is 5.05. The summed E-state index contributed by atoms with van der Waals surface area (Å²) in [5.41, 5.74) is 0. The van der Waals surface area contributed by atoms with Crippen molar-refractivity contribution in [1.82, 2.24) is 0 Å². The fourth-order valence-electron chi connectivity index (χ4n) is 2.22. The van der Waals surface area contributed by atoms with Gasteiger partial charge < -0.3 is 9.84 Å². The maximum atomic E-state index is 13.0. The molecule has 0 aromatic carbocycles. The van der Waals surface area contributed by atoms with Crippen LogP contribution in [0.1, 0.15) is 79.1 Å². The van der Waals surface area contributed by atoms with Crippen molar-refractivity contribution in [3.8, 4) is 0 Å². The third-order valence-electron chi connectivity index (χ3n) is 4.27. The number of ether oxygens (including phenoxy) is 1. The van der Waals surface area contributed by atoms with Gasteiger partial charge in [0.2, 0.25) is 0 Å². The molecule has 0 aliphatic heterocycles. The highest BCUT2D eigenvalue weighted by Crippen LogP contribution is 2.51. The average Bonchev–Trinajstić information content (AvgIpc) is 2.79. The predicted octanol–water partition coefficient (Wildman–Crippen LogP) is 5.88. The molecule has 0 amide bonds. The van der Waals surface area contributed by atoms with Crippen LogP contribution in [0.2, 0.25) is 0 Å². The summed E-state index contributed by atoms with van der Waals surface area (Å²) in [7, 11) is -7.60. The van der Waals surface area contributed by atoms with Crippen LogP contribution in [-0.4, -0.2) is 64.1 Å². The fourth-order valence-corrected chi connectivity index (χ4v) is 4.77. The largest absolute Gasteiger partial charge is 0.474 e. The summed E-state index contributed by atoms with van der Waals surface area (Å²) in [6, 6.07) is 0. The lowest BCUT2D eigenvalue weighted by Gasteiger charge is -2.24. The van der Waals surface area contributed by atoms with Crippen molar-refractivity contribution in [1.29, 1.82) is 0 Å². The minimum absolute atomic E-state index is 0.00719. The van der Waals surface area contributed by atoms with Gasteiger partial charge in [0.25, 0.3) is 0 Å². The van der Waals surface area contributed by atoms with Gasteiger partial charge in [-0.25, -0.2) is 9.13 Å². The smallest absolute Gasteiger partial charge is 0.394 e. The maximum Gasteiger partial charge on any atom is 0.474 e. The highest BCUT2D eigenvalue weighted by Gasteiger charge is 2.31. The molecule has 0 fully saturated rings. The maximum absolute atomic E-state index is 13.0. The monoisotopic (exact) mass is 520 g/mol. The molecular weight excluding hydrogens is 474 g/mol. The molecule has 0 aliphatic rings. The van der Waals surface area contributed by atoms with Crippen molar-refractivity contribution < 1.29 is 46.1 Å². The zero-order valence-electron chi connectivity index (χ0n) is 20.9. The molecule has 0 aliphatic carbocycles. The molecule has 0 saturated heterocycles. The fraction of sp³-hybridized carbons (Fsp3) is 1.00. The van der Waals surface area contributed by atoms with Gasteiger partial charge in [-0.05, 0) is 25.7 Å². The Hall–Kier alpha value is 0.140. The quantitative estimate of drug-likeness (QED) is 0.115. The predicted molar refractivity (Wildman–Crippen MR) is 127 cm³/mol. The lowest BCUT2D eigenvalue weighted by atomic mass is 10.4. The van der Waals surface area contributed by atoms with Crippen molar-refractivity contribution in [2.45, 2.75) is 85.2 Å². The summed E-state index contributed by atoms with van der Waals surface area (Å²) < 4.78 is 64.1. The third-order valence-corrected chi connectivity index (χ3v) is 7.20. The van der Waals surface area contributed by atoms with Crippen LogP contribution in [0.15, 0.2) is 0 Å². The summed E-state index contributed by atoms with van der Waals surface area (Å²) in [6.07, 6.45) is 5.54. The van der Waals surface area contributed by atoms with Crippen molar-refractivity contribution in [3.05, 3.63) is 0 Å². The number of hydrogen-bond donors (Lipinski definition) is 1. The minimum Gasteiger partial charge on any atom is -0.394 e. The molecule has 33 heavy (non-hydrogen) atoms. The number of hydrogen-bond acceptors (Lipinski definition) is 10. The molecule has 0 radical (unpaired) electrons. The van der Waals surface area contributed by atoms with Gasteiger partial charge >= 0.3 is 15.6 Å². The number of unbranched alkanes of at least 4 members (excludes halogenated alkanes) is 4. The Morgan fingerprint density at radius 2 is 0.909 bits per heavy atom. The first-order chi connectivity index (χ1) is 15.9. The molecule has 0 rings (SSSR count). The van der Waals surface area contributed by atoms with Crippen molar-refractivity contribution in [2.24, 2.45) is 0 Å². The second kappa shape index (κ2) is 21.4. The molecule has 0 heterocycles. The number of phosphoric acid groups is 2. The normalized spacial score (nSPS) is 12.7. The van der Waals surface area contributed by atoms with Gasteiger partial charge in [0, 0.05) is 0 Å². The highest BCUT2D eigenvalue weighted by atomic mass is 31.2. The van der Waals surface area contributed by atoms with Gasteiger partial charge in [-0.15, -0.1) is 0 Å². The molecule has 0 bridgehead atoms. The molecule has 0 unspecified atom stereocenters. The molecule has 0 saturated carbocycles. The first kappa shape index (κ1) is 33.1. The van der Waals surface area contributed by atoms with Crippen LogP contribution >= 0.6 is 15.6 Å². The summed E-state index contributed by atoms with van der Waals surface area (Å²) in [5, 5.41) is 9.13. The molecule has 12 heteroatoms. The second-order valence-electron chi connectivity index (χ2n) is 7.45. The van der Waals surface area contributed by atoms with E-state index in [0.29, 0.717) is 25.7 Å². The molecule has 0 aromatic heterocycles. The summed E-state index contributed by atoms with van der Waals surface area (Å²) >= 11 is 0. The van der Waals surface area contributed by atoms with E-state index in [1.165, 1.54) is 0 Å². The molecule has 0 spiro atoms. The number of aliphatic hydroxyl groups excluding tert-OH is 1. The summed E-state index contributed by atoms with van der Waals surface area (Å²) in [4.78, 5) is 0. The molecule has 1 N–H and O–H groups in total. The zero-order valence-corrected chi connectivity index (χ0v) is 22.7. The van der Waals surface area contributed by atoms with E-state index < -0.39 is 21.7 Å². The molecular formula is C21H46O10P2. The molecule has 200 valence electrons.